The van der Waals surface area contributed by atoms with Crippen LogP contribution in [0.3, 0.4) is 0 Å². The normalized spacial score (nSPS) is 14.0. The van der Waals surface area contributed by atoms with E-state index in [0.29, 0.717) is 17.4 Å². The van der Waals surface area contributed by atoms with Crippen LogP contribution in [-0.4, -0.2) is 17.1 Å². The van der Waals surface area contributed by atoms with Crippen molar-refractivity contribution in [2.24, 2.45) is 10.9 Å². The Kier molecular flexibility index (Phi) is 5.28. The summed E-state index contributed by atoms with van der Waals surface area (Å²) in [7, 11) is 0. The predicted molar refractivity (Wildman–Crippen MR) is 118 cm³/mol. The molecule has 4 rings (SSSR count). The minimum absolute atomic E-state index is 0.0665. The Labute approximate surface area is 174 Å². The highest BCUT2D eigenvalue weighted by Crippen LogP contribution is 2.33. The van der Waals surface area contributed by atoms with Crippen LogP contribution in [0.15, 0.2) is 46.8 Å². The third-order valence-electron chi connectivity index (χ3n) is 4.83. The van der Waals surface area contributed by atoms with Crippen LogP contribution in [-0.2, 0) is 11.3 Å². The van der Waals surface area contributed by atoms with Gasteiger partial charge in [-0.2, -0.15) is 0 Å². The number of thiazole rings is 1. The molecule has 1 aliphatic rings. The number of fused-ring (bicyclic) bond motifs is 1. The van der Waals surface area contributed by atoms with Gasteiger partial charge in [-0.1, -0.05) is 26.0 Å². The molecule has 3 aromatic rings. The molecule has 2 heterocycles. The van der Waals surface area contributed by atoms with Crippen LogP contribution in [0.5, 0.6) is 5.75 Å². The van der Waals surface area contributed by atoms with Gasteiger partial charge >= 0.3 is 0 Å². The van der Waals surface area contributed by atoms with Crippen molar-refractivity contribution < 1.29 is 9.53 Å². The molecule has 1 aliphatic heterocycles. The molecule has 0 radical (unpaired) electrons. The van der Waals surface area contributed by atoms with Crippen LogP contribution in [0.4, 0.5) is 11.4 Å². The summed E-state index contributed by atoms with van der Waals surface area (Å²) in [6, 6.07) is 12.3. The number of carbonyl (C=O) groups excluding carboxylic acids is 1. The lowest BCUT2D eigenvalue weighted by atomic mass is 10.1. The molecule has 1 amide bonds. The van der Waals surface area contributed by atoms with Crippen molar-refractivity contribution >= 4 is 28.6 Å². The highest BCUT2D eigenvalue weighted by molar-refractivity contribution is 7.07. The van der Waals surface area contributed by atoms with Gasteiger partial charge in [-0.25, -0.2) is 4.99 Å². The Hall–Kier alpha value is -2.86. The summed E-state index contributed by atoms with van der Waals surface area (Å²) >= 11 is 1.64. The van der Waals surface area contributed by atoms with Crippen molar-refractivity contribution in [1.29, 1.82) is 0 Å². The molecule has 0 fully saturated rings. The van der Waals surface area contributed by atoms with Crippen molar-refractivity contribution in [3.8, 4) is 17.0 Å². The second-order valence-electron chi connectivity index (χ2n) is 7.86. The number of aryl methyl sites for hydroxylation is 2. The number of anilines is 1. The summed E-state index contributed by atoms with van der Waals surface area (Å²) in [5.74, 6) is 1.06. The fourth-order valence-electron chi connectivity index (χ4n) is 3.38. The molecule has 1 N–H and O–H groups in total. The minimum atomic E-state index is -0.124. The number of nitrogens with zero attached hydrogens (tertiary/aromatic N) is 2. The maximum Gasteiger partial charge on any atom is 0.262 e. The molecule has 6 heteroatoms. The van der Waals surface area contributed by atoms with Crippen LogP contribution < -0.4 is 14.9 Å². The van der Waals surface area contributed by atoms with E-state index in [-0.39, 0.29) is 12.5 Å². The van der Waals surface area contributed by atoms with Crippen molar-refractivity contribution in [3.05, 3.63) is 57.7 Å². The minimum Gasteiger partial charge on any atom is -0.482 e. The maximum absolute atomic E-state index is 11.7. The van der Waals surface area contributed by atoms with Gasteiger partial charge in [-0.3, -0.25) is 4.79 Å². The second kappa shape index (κ2) is 7.87. The van der Waals surface area contributed by atoms with E-state index >= 15 is 0 Å². The smallest absolute Gasteiger partial charge is 0.262 e. The first kappa shape index (κ1) is 19.5. The van der Waals surface area contributed by atoms with Crippen LogP contribution in [0.1, 0.15) is 25.0 Å². The largest absolute Gasteiger partial charge is 0.482 e. The third kappa shape index (κ3) is 4.12. The molecule has 0 spiro atoms. The molecule has 0 saturated heterocycles. The molecular formula is C23H25N3O2S. The van der Waals surface area contributed by atoms with Crippen molar-refractivity contribution in [2.75, 3.05) is 11.9 Å². The zero-order chi connectivity index (χ0) is 20.5. The fraction of sp³-hybridized carbons (Fsp3) is 0.304. The number of amides is 1. The van der Waals surface area contributed by atoms with E-state index < -0.39 is 0 Å². The average Bonchev–Trinajstić information content (AvgIpc) is 3.05. The Balaban J connectivity index is 1.83. The number of carbonyl (C=O) groups is 1. The van der Waals surface area contributed by atoms with Gasteiger partial charge in [0.05, 0.1) is 17.1 Å². The summed E-state index contributed by atoms with van der Waals surface area (Å²) in [4.78, 5) is 17.7. The molecule has 5 nitrogen and oxygen atoms in total. The number of hydrogen-bond donors (Lipinski definition) is 1. The number of rotatable bonds is 4. The first-order valence-corrected chi connectivity index (χ1v) is 10.7. The van der Waals surface area contributed by atoms with E-state index in [4.69, 9.17) is 9.73 Å². The zero-order valence-corrected chi connectivity index (χ0v) is 18.0. The molecular weight excluding hydrogens is 382 g/mol. The van der Waals surface area contributed by atoms with Gasteiger partial charge in [-0.05, 0) is 55.2 Å². The molecule has 1 aromatic heterocycles. The maximum atomic E-state index is 11.7. The van der Waals surface area contributed by atoms with Crippen LogP contribution >= 0.6 is 11.3 Å². The standard InChI is InChI=1S/C23H25N3O2S/c1-14(2)11-26-20(17-7-8-21-19(10-17)24-22(27)12-28-21)13-29-23(26)25-18-9-15(3)5-6-16(18)4/h5-10,13-14H,11-12H2,1-4H3,(H,24,27). The Morgan fingerprint density at radius 2 is 2.03 bits per heavy atom. The average molecular weight is 408 g/mol. The summed E-state index contributed by atoms with van der Waals surface area (Å²) in [5, 5.41) is 5.04. The number of hydrogen-bond acceptors (Lipinski definition) is 4. The Morgan fingerprint density at radius 3 is 2.83 bits per heavy atom. The van der Waals surface area contributed by atoms with Gasteiger partial charge in [0, 0.05) is 17.5 Å². The van der Waals surface area contributed by atoms with E-state index in [2.05, 4.69) is 61.2 Å². The van der Waals surface area contributed by atoms with E-state index in [1.165, 1.54) is 5.56 Å². The van der Waals surface area contributed by atoms with Crippen LogP contribution in [0.2, 0.25) is 0 Å². The summed E-state index contributed by atoms with van der Waals surface area (Å²) < 4.78 is 7.76. The lowest BCUT2D eigenvalue weighted by Gasteiger charge is -2.19. The van der Waals surface area contributed by atoms with E-state index in [1.54, 1.807) is 11.3 Å². The highest BCUT2D eigenvalue weighted by atomic mass is 32.1. The third-order valence-corrected chi connectivity index (χ3v) is 5.70. The van der Waals surface area contributed by atoms with Gasteiger partial charge in [0.15, 0.2) is 11.4 Å². The Morgan fingerprint density at radius 1 is 1.21 bits per heavy atom. The van der Waals surface area contributed by atoms with Crippen molar-refractivity contribution in [2.45, 2.75) is 34.2 Å². The van der Waals surface area contributed by atoms with Crippen molar-refractivity contribution in [1.82, 2.24) is 4.57 Å². The van der Waals surface area contributed by atoms with Crippen LogP contribution in [0.25, 0.3) is 11.3 Å². The first-order chi connectivity index (χ1) is 13.9. The quantitative estimate of drug-likeness (QED) is 0.658. The van der Waals surface area contributed by atoms with E-state index in [9.17, 15) is 4.79 Å². The number of nitrogens with one attached hydrogen (secondary N) is 1. The molecule has 0 unspecified atom stereocenters. The van der Waals surface area contributed by atoms with Crippen LogP contribution in [0, 0.1) is 19.8 Å². The molecule has 0 saturated carbocycles. The van der Waals surface area contributed by atoms with Gasteiger partial charge in [0.1, 0.15) is 5.75 Å². The molecule has 0 aliphatic carbocycles. The SMILES string of the molecule is Cc1ccc(C)c(N=c2scc(-c3ccc4c(c3)NC(=O)CO4)n2CC(C)C)c1. The topological polar surface area (TPSA) is 55.6 Å². The Bertz CT molecular complexity index is 1140. The highest BCUT2D eigenvalue weighted by Gasteiger charge is 2.18. The predicted octanol–water partition coefficient (Wildman–Crippen LogP) is 5.05. The monoisotopic (exact) mass is 407 g/mol. The van der Waals surface area contributed by atoms with E-state index in [0.717, 1.165) is 33.9 Å². The number of benzene rings is 2. The lowest BCUT2D eigenvalue weighted by Crippen LogP contribution is -2.25. The molecule has 0 bridgehead atoms. The van der Waals surface area contributed by atoms with Gasteiger partial charge < -0.3 is 14.6 Å². The number of aromatic nitrogens is 1. The van der Waals surface area contributed by atoms with E-state index in [1.807, 2.05) is 18.2 Å². The summed E-state index contributed by atoms with van der Waals surface area (Å²) in [6.45, 7) is 9.52. The number of ether oxygens (including phenoxy) is 1. The van der Waals surface area contributed by atoms with Crippen molar-refractivity contribution in [3.63, 3.8) is 0 Å². The molecule has 150 valence electrons. The second-order valence-corrected chi connectivity index (χ2v) is 8.69. The van der Waals surface area contributed by atoms with Gasteiger partial charge in [0.2, 0.25) is 0 Å². The molecule has 0 atom stereocenters. The lowest BCUT2D eigenvalue weighted by molar-refractivity contribution is -0.118. The first-order valence-electron chi connectivity index (χ1n) is 9.78. The molecule has 2 aromatic carbocycles. The fourth-order valence-corrected chi connectivity index (χ4v) is 4.31. The van der Waals surface area contributed by atoms with Gasteiger partial charge in [-0.15, -0.1) is 11.3 Å². The summed E-state index contributed by atoms with van der Waals surface area (Å²) in [5.41, 5.74) is 6.21. The summed E-state index contributed by atoms with van der Waals surface area (Å²) in [6.07, 6.45) is 0. The zero-order valence-electron chi connectivity index (χ0n) is 17.2. The molecule has 29 heavy (non-hydrogen) atoms. The van der Waals surface area contributed by atoms with Gasteiger partial charge in [0.25, 0.3) is 5.91 Å².